The number of esters is 1. The molecule has 0 bridgehead atoms. The Balaban J connectivity index is 1.56. The summed E-state index contributed by atoms with van der Waals surface area (Å²) in [5.41, 5.74) is 1.95. The van der Waals surface area contributed by atoms with E-state index in [1.54, 1.807) is 30.3 Å². The summed E-state index contributed by atoms with van der Waals surface area (Å²) < 4.78 is 15.9. The summed E-state index contributed by atoms with van der Waals surface area (Å²) in [7, 11) is 3.83. The van der Waals surface area contributed by atoms with Crippen LogP contribution in [0.2, 0.25) is 0 Å². The monoisotopic (exact) mass is 407 g/mol. The molecule has 1 aliphatic heterocycles. The molecular weight excluding hydrogens is 386 g/mol. The molecule has 0 fully saturated rings. The zero-order valence-corrected chi connectivity index (χ0v) is 16.7. The molecule has 2 aromatic carbocycles. The van der Waals surface area contributed by atoms with E-state index in [0.29, 0.717) is 36.0 Å². The Labute approximate surface area is 174 Å². The smallest absolute Gasteiger partial charge is 0.349 e. The van der Waals surface area contributed by atoms with Gasteiger partial charge in [-0.2, -0.15) is 5.26 Å². The maximum Gasteiger partial charge on any atom is 0.349 e. The number of hydrogen-bond donors (Lipinski definition) is 1. The van der Waals surface area contributed by atoms with Crippen LogP contribution in [0.4, 0.5) is 11.4 Å². The van der Waals surface area contributed by atoms with E-state index in [2.05, 4.69) is 5.32 Å². The van der Waals surface area contributed by atoms with Crippen LogP contribution >= 0.6 is 0 Å². The number of amides is 1. The fourth-order valence-corrected chi connectivity index (χ4v) is 2.70. The average Bonchev–Trinajstić information content (AvgIpc) is 2.76. The first-order valence-corrected chi connectivity index (χ1v) is 9.22. The molecule has 0 atom stereocenters. The third-order valence-corrected chi connectivity index (χ3v) is 4.22. The van der Waals surface area contributed by atoms with Gasteiger partial charge in [0.15, 0.2) is 18.1 Å². The molecule has 0 aromatic heterocycles. The van der Waals surface area contributed by atoms with E-state index in [0.717, 1.165) is 5.69 Å². The molecule has 0 spiro atoms. The van der Waals surface area contributed by atoms with E-state index < -0.39 is 18.5 Å². The largest absolute Gasteiger partial charge is 0.486 e. The van der Waals surface area contributed by atoms with E-state index in [9.17, 15) is 14.9 Å². The minimum atomic E-state index is -0.869. The summed E-state index contributed by atoms with van der Waals surface area (Å²) in [4.78, 5) is 26.2. The zero-order chi connectivity index (χ0) is 21.5. The highest BCUT2D eigenvalue weighted by molar-refractivity contribution is 6.00. The fourth-order valence-electron chi connectivity index (χ4n) is 2.70. The highest BCUT2D eigenvalue weighted by Gasteiger charge is 2.15. The maximum absolute atomic E-state index is 12.2. The SMILES string of the molecule is CN(C)c1ccc(/C=C(/C#N)C(=O)OCC(=O)Nc2ccc3c(c2)OCCO3)cc1. The van der Waals surface area contributed by atoms with Crippen molar-refractivity contribution in [3.63, 3.8) is 0 Å². The molecule has 1 aliphatic rings. The highest BCUT2D eigenvalue weighted by Crippen LogP contribution is 2.32. The first kappa shape index (κ1) is 20.7. The number of benzene rings is 2. The van der Waals surface area contributed by atoms with Crippen LogP contribution in [0.15, 0.2) is 48.0 Å². The van der Waals surface area contributed by atoms with Crippen LogP contribution in [0.1, 0.15) is 5.56 Å². The van der Waals surface area contributed by atoms with Crippen LogP contribution in [0, 0.1) is 11.3 Å². The molecule has 154 valence electrons. The van der Waals surface area contributed by atoms with Gasteiger partial charge < -0.3 is 24.4 Å². The van der Waals surface area contributed by atoms with Gasteiger partial charge in [0.25, 0.3) is 5.91 Å². The summed E-state index contributed by atoms with van der Waals surface area (Å²) in [6.45, 7) is 0.387. The van der Waals surface area contributed by atoms with E-state index in [1.165, 1.54) is 6.08 Å². The second-order valence-electron chi connectivity index (χ2n) is 6.64. The predicted octanol–water partition coefficient (Wildman–Crippen LogP) is 2.61. The number of hydrogen-bond acceptors (Lipinski definition) is 7. The molecule has 0 radical (unpaired) electrons. The van der Waals surface area contributed by atoms with Crippen molar-refractivity contribution in [1.82, 2.24) is 0 Å². The Morgan fingerprint density at radius 2 is 1.83 bits per heavy atom. The molecule has 0 aliphatic carbocycles. The molecular formula is C22H21N3O5. The highest BCUT2D eigenvalue weighted by atomic mass is 16.6. The van der Waals surface area contributed by atoms with Gasteiger partial charge in [-0.05, 0) is 35.9 Å². The molecule has 3 rings (SSSR count). The van der Waals surface area contributed by atoms with Gasteiger partial charge in [-0.1, -0.05) is 12.1 Å². The Bertz CT molecular complexity index is 1010. The number of nitriles is 1. The van der Waals surface area contributed by atoms with Crippen LogP contribution in [0.3, 0.4) is 0 Å². The Kier molecular flexibility index (Phi) is 6.55. The number of carbonyl (C=O) groups is 2. The third-order valence-electron chi connectivity index (χ3n) is 4.22. The number of fused-ring (bicyclic) bond motifs is 1. The molecule has 30 heavy (non-hydrogen) atoms. The molecule has 8 nitrogen and oxygen atoms in total. The van der Waals surface area contributed by atoms with Crippen molar-refractivity contribution in [2.24, 2.45) is 0 Å². The topological polar surface area (TPSA) is 101 Å². The van der Waals surface area contributed by atoms with Crippen LogP contribution < -0.4 is 19.7 Å². The predicted molar refractivity (Wildman–Crippen MR) is 111 cm³/mol. The van der Waals surface area contributed by atoms with E-state index in [4.69, 9.17) is 14.2 Å². The Hall–Kier alpha value is -3.99. The molecule has 8 heteroatoms. The van der Waals surface area contributed by atoms with E-state index >= 15 is 0 Å². The van der Waals surface area contributed by atoms with Crippen molar-refractivity contribution in [2.75, 3.05) is 44.1 Å². The number of anilines is 2. The minimum absolute atomic E-state index is 0.195. The van der Waals surface area contributed by atoms with Crippen molar-refractivity contribution in [3.05, 3.63) is 53.6 Å². The molecule has 0 saturated carbocycles. The summed E-state index contributed by atoms with van der Waals surface area (Å²) >= 11 is 0. The molecule has 1 amide bonds. The zero-order valence-electron chi connectivity index (χ0n) is 16.7. The van der Waals surface area contributed by atoms with E-state index in [-0.39, 0.29) is 5.57 Å². The van der Waals surface area contributed by atoms with Crippen LogP contribution in [0.25, 0.3) is 6.08 Å². The number of nitrogens with zero attached hydrogens (tertiary/aromatic N) is 2. The quantitative estimate of drug-likeness (QED) is 0.446. The van der Waals surface area contributed by atoms with Gasteiger partial charge in [0.05, 0.1) is 0 Å². The van der Waals surface area contributed by atoms with Gasteiger partial charge in [0.1, 0.15) is 24.9 Å². The average molecular weight is 407 g/mol. The molecule has 0 saturated heterocycles. The molecule has 2 aromatic rings. The second kappa shape index (κ2) is 9.47. The van der Waals surface area contributed by atoms with Crippen molar-refractivity contribution < 1.29 is 23.8 Å². The van der Waals surface area contributed by atoms with Gasteiger partial charge in [0.2, 0.25) is 0 Å². The molecule has 1 N–H and O–H groups in total. The van der Waals surface area contributed by atoms with Gasteiger partial charge in [-0.25, -0.2) is 4.79 Å². The summed E-state index contributed by atoms with van der Waals surface area (Å²) in [6.07, 6.45) is 1.42. The van der Waals surface area contributed by atoms with Crippen molar-refractivity contribution in [1.29, 1.82) is 5.26 Å². The lowest BCUT2D eigenvalue weighted by Gasteiger charge is -2.19. The van der Waals surface area contributed by atoms with Gasteiger partial charge >= 0.3 is 5.97 Å². The van der Waals surface area contributed by atoms with Crippen molar-refractivity contribution >= 4 is 29.3 Å². The second-order valence-corrected chi connectivity index (χ2v) is 6.64. The number of ether oxygens (including phenoxy) is 3. The van der Waals surface area contributed by atoms with Crippen LogP contribution in [-0.2, 0) is 14.3 Å². The summed E-state index contributed by atoms with van der Waals surface area (Å²) in [5, 5.41) is 11.9. The Morgan fingerprint density at radius 3 is 2.50 bits per heavy atom. The maximum atomic E-state index is 12.2. The first-order valence-electron chi connectivity index (χ1n) is 9.22. The lowest BCUT2D eigenvalue weighted by atomic mass is 10.1. The summed E-state index contributed by atoms with van der Waals surface area (Å²) in [5.74, 6) is -0.265. The molecule has 1 heterocycles. The number of carbonyl (C=O) groups excluding carboxylic acids is 2. The van der Waals surface area contributed by atoms with Gasteiger partial charge in [-0.15, -0.1) is 0 Å². The van der Waals surface area contributed by atoms with Crippen molar-refractivity contribution in [2.45, 2.75) is 0 Å². The molecule has 0 unspecified atom stereocenters. The Morgan fingerprint density at radius 1 is 1.13 bits per heavy atom. The van der Waals surface area contributed by atoms with Crippen LogP contribution in [0.5, 0.6) is 11.5 Å². The standard InChI is InChI=1S/C22H21N3O5/c1-25(2)18-6-3-15(4-7-18)11-16(13-23)22(27)30-14-21(26)24-17-5-8-19-20(12-17)29-10-9-28-19/h3-8,11-12H,9-10,14H2,1-2H3,(H,24,26)/b16-11-. The normalized spacial score (nSPS) is 12.5. The third kappa shape index (κ3) is 5.29. The lowest BCUT2D eigenvalue weighted by molar-refractivity contribution is -0.142. The first-order chi connectivity index (χ1) is 14.5. The van der Waals surface area contributed by atoms with Crippen molar-refractivity contribution in [3.8, 4) is 17.6 Å². The number of rotatable bonds is 6. The van der Waals surface area contributed by atoms with Crippen LogP contribution in [-0.4, -0.2) is 45.8 Å². The van der Waals surface area contributed by atoms with Gasteiger partial charge in [0, 0.05) is 31.5 Å². The minimum Gasteiger partial charge on any atom is -0.486 e. The van der Waals surface area contributed by atoms with Gasteiger partial charge in [-0.3, -0.25) is 4.79 Å². The lowest BCUT2D eigenvalue weighted by Crippen LogP contribution is -2.21. The summed E-state index contributed by atoms with van der Waals surface area (Å²) in [6, 6.07) is 14.1. The van der Waals surface area contributed by atoms with E-state index in [1.807, 2.05) is 37.2 Å². The number of nitrogens with one attached hydrogen (secondary N) is 1. The fraction of sp³-hybridized carbons (Fsp3) is 0.227.